The zero-order valence-corrected chi connectivity index (χ0v) is 22.1. The number of hydrogen-bond donors (Lipinski definition) is 0. The highest BCUT2D eigenvalue weighted by Gasteiger charge is 2.30. The summed E-state index contributed by atoms with van der Waals surface area (Å²) >= 11 is 0. The quantitative estimate of drug-likeness (QED) is 0.319. The van der Waals surface area contributed by atoms with E-state index in [2.05, 4.69) is 83.1 Å². The van der Waals surface area contributed by atoms with Crippen LogP contribution in [-0.2, 0) is 9.53 Å². The van der Waals surface area contributed by atoms with Crippen molar-refractivity contribution in [1.29, 1.82) is 0 Å². The van der Waals surface area contributed by atoms with Crippen molar-refractivity contribution in [3.8, 4) is 0 Å². The molecule has 0 heterocycles. The first-order valence-electron chi connectivity index (χ1n) is 12.1. The topological polar surface area (TPSA) is 26.3 Å². The molecule has 0 saturated carbocycles. The number of carbonyl (C=O) groups is 1. The maximum atomic E-state index is 13.0. The minimum absolute atomic E-state index is 0.0227. The fourth-order valence-electron chi connectivity index (χ4n) is 4.97. The summed E-state index contributed by atoms with van der Waals surface area (Å²) in [5.74, 6) is 1.64. The van der Waals surface area contributed by atoms with Gasteiger partial charge < -0.3 is 4.74 Å². The molecule has 0 aromatic heterocycles. The number of carbonyl (C=O) groups excluding carboxylic acids is 1. The van der Waals surface area contributed by atoms with Gasteiger partial charge in [-0.25, -0.2) is 0 Å². The fourth-order valence-corrected chi connectivity index (χ4v) is 4.97. The van der Waals surface area contributed by atoms with E-state index in [0.717, 1.165) is 25.7 Å². The van der Waals surface area contributed by atoms with Crippen LogP contribution in [-0.4, -0.2) is 12.6 Å². The lowest BCUT2D eigenvalue weighted by atomic mass is 9.76. The first-order valence-corrected chi connectivity index (χ1v) is 12.1. The van der Waals surface area contributed by atoms with Crippen LogP contribution in [0.25, 0.3) is 0 Å². The van der Waals surface area contributed by atoms with E-state index in [0.29, 0.717) is 35.2 Å². The van der Waals surface area contributed by atoms with Crippen LogP contribution in [0.3, 0.4) is 0 Å². The number of hydrogen-bond acceptors (Lipinski definition) is 2. The zero-order valence-electron chi connectivity index (χ0n) is 22.1. The van der Waals surface area contributed by atoms with Gasteiger partial charge in [0.25, 0.3) is 0 Å². The molecule has 174 valence electrons. The van der Waals surface area contributed by atoms with Gasteiger partial charge in [0, 0.05) is 0 Å². The molecule has 2 nitrogen and oxygen atoms in total. The van der Waals surface area contributed by atoms with Crippen molar-refractivity contribution < 1.29 is 9.53 Å². The molecule has 2 heteroatoms. The van der Waals surface area contributed by atoms with Crippen LogP contribution in [0, 0.1) is 39.9 Å². The summed E-state index contributed by atoms with van der Waals surface area (Å²) in [5.41, 5.74) is 0.905. The van der Waals surface area contributed by atoms with Crippen LogP contribution in [0.15, 0.2) is 0 Å². The molecule has 0 aromatic rings. The summed E-state index contributed by atoms with van der Waals surface area (Å²) < 4.78 is 5.82. The monoisotopic (exact) mass is 410 g/mol. The molecular formula is C27H54O2. The van der Waals surface area contributed by atoms with E-state index in [1.807, 2.05) is 0 Å². The molecule has 0 rings (SSSR count). The van der Waals surface area contributed by atoms with Crippen molar-refractivity contribution in [1.82, 2.24) is 0 Å². The maximum Gasteiger partial charge on any atom is 0.309 e. The highest BCUT2D eigenvalue weighted by Crippen LogP contribution is 2.34. The molecule has 0 fully saturated rings. The molecule has 4 atom stereocenters. The minimum atomic E-state index is 0.0227. The molecule has 0 aliphatic rings. The van der Waals surface area contributed by atoms with Gasteiger partial charge in [0.1, 0.15) is 0 Å². The van der Waals surface area contributed by atoms with Gasteiger partial charge in [0.15, 0.2) is 0 Å². The van der Waals surface area contributed by atoms with Gasteiger partial charge in [-0.05, 0) is 72.5 Å². The van der Waals surface area contributed by atoms with Crippen molar-refractivity contribution in [2.75, 3.05) is 6.61 Å². The molecule has 0 aromatic carbocycles. The average molecular weight is 411 g/mol. The van der Waals surface area contributed by atoms with Gasteiger partial charge in [-0.15, -0.1) is 0 Å². The molecule has 0 spiro atoms. The Morgan fingerprint density at radius 1 is 0.655 bits per heavy atom. The van der Waals surface area contributed by atoms with Crippen LogP contribution >= 0.6 is 0 Å². The summed E-state index contributed by atoms with van der Waals surface area (Å²) in [7, 11) is 0. The van der Waals surface area contributed by atoms with E-state index in [9.17, 15) is 4.79 Å². The molecule has 0 N–H and O–H groups in total. The third kappa shape index (κ3) is 15.9. The number of rotatable bonds is 11. The maximum absolute atomic E-state index is 13.0. The van der Waals surface area contributed by atoms with E-state index < -0.39 is 0 Å². The van der Waals surface area contributed by atoms with E-state index in [-0.39, 0.29) is 17.3 Å². The highest BCUT2D eigenvalue weighted by atomic mass is 16.5. The Balaban J connectivity index is 4.84. The number of ether oxygens (including phenoxy) is 1. The van der Waals surface area contributed by atoms with Crippen molar-refractivity contribution >= 4 is 5.97 Å². The van der Waals surface area contributed by atoms with Gasteiger partial charge in [-0.2, -0.15) is 0 Å². The molecule has 0 aliphatic carbocycles. The van der Waals surface area contributed by atoms with Crippen LogP contribution in [0.1, 0.15) is 122 Å². The Kier molecular flexibility index (Phi) is 11.5. The Labute approximate surface area is 184 Å². The summed E-state index contributed by atoms with van der Waals surface area (Å²) in [6.45, 7) is 27.9. The zero-order chi connectivity index (χ0) is 23.0. The third-order valence-electron chi connectivity index (χ3n) is 5.67. The first-order chi connectivity index (χ1) is 12.9. The fraction of sp³-hybridized carbons (Fsp3) is 0.963. The minimum Gasteiger partial charge on any atom is -0.465 e. The van der Waals surface area contributed by atoms with Gasteiger partial charge >= 0.3 is 5.97 Å². The summed E-state index contributed by atoms with van der Waals surface area (Å²) in [6.07, 6.45) is 6.44. The highest BCUT2D eigenvalue weighted by molar-refractivity contribution is 5.72. The summed E-state index contributed by atoms with van der Waals surface area (Å²) in [4.78, 5) is 13.0. The lowest BCUT2D eigenvalue weighted by Gasteiger charge is -2.30. The Hall–Kier alpha value is -0.530. The van der Waals surface area contributed by atoms with Gasteiger partial charge in [-0.1, -0.05) is 83.1 Å². The van der Waals surface area contributed by atoms with E-state index >= 15 is 0 Å². The second kappa shape index (κ2) is 11.8. The van der Waals surface area contributed by atoms with Crippen LogP contribution in [0.4, 0.5) is 0 Å². The lowest BCUT2D eigenvalue weighted by Crippen LogP contribution is -2.28. The van der Waals surface area contributed by atoms with Crippen LogP contribution in [0.5, 0.6) is 0 Å². The molecule has 0 bridgehead atoms. The van der Waals surface area contributed by atoms with E-state index in [4.69, 9.17) is 4.74 Å². The van der Waals surface area contributed by atoms with Crippen molar-refractivity contribution in [2.24, 2.45) is 39.9 Å². The molecule has 29 heavy (non-hydrogen) atoms. The predicted molar refractivity (Wildman–Crippen MR) is 128 cm³/mol. The normalized spacial score (nSPS) is 17.5. The number of esters is 1. The smallest absolute Gasteiger partial charge is 0.309 e. The summed E-state index contributed by atoms with van der Waals surface area (Å²) in [5, 5.41) is 0. The molecule has 0 radical (unpaired) electrons. The van der Waals surface area contributed by atoms with Gasteiger partial charge in [0.05, 0.1) is 12.5 Å². The molecule has 0 amide bonds. The van der Waals surface area contributed by atoms with E-state index in [1.54, 1.807) is 0 Å². The lowest BCUT2D eigenvalue weighted by molar-refractivity contribution is -0.151. The molecule has 0 saturated heterocycles. The van der Waals surface area contributed by atoms with Crippen molar-refractivity contribution in [3.05, 3.63) is 0 Å². The largest absolute Gasteiger partial charge is 0.465 e. The van der Waals surface area contributed by atoms with Crippen LogP contribution < -0.4 is 0 Å². The Morgan fingerprint density at radius 3 is 1.48 bits per heavy atom. The van der Waals surface area contributed by atoms with Gasteiger partial charge in [0.2, 0.25) is 0 Å². The second-order valence-electron chi connectivity index (χ2n) is 13.6. The summed E-state index contributed by atoms with van der Waals surface area (Å²) in [6, 6.07) is 0. The third-order valence-corrected chi connectivity index (χ3v) is 5.67. The Bertz CT molecular complexity index is 458. The average Bonchev–Trinajstić information content (AvgIpc) is 2.41. The first kappa shape index (κ1) is 28.5. The van der Waals surface area contributed by atoms with Gasteiger partial charge in [-0.3, -0.25) is 4.79 Å². The second-order valence-corrected chi connectivity index (χ2v) is 13.6. The van der Waals surface area contributed by atoms with E-state index in [1.165, 1.54) is 12.8 Å². The van der Waals surface area contributed by atoms with Crippen LogP contribution in [0.2, 0.25) is 0 Å². The predicted octanol–water partition coefficient (Wildman–Crippen LogP) is 8.53. The molecule has 4 unspecified atom stereocenters. The molecular weight excluding hydrogens is 356 g/mol. The SMILES string of the molecule is CC(CCOC(=O)C(CCC(C)CC(C)(C)C)C(C)CC(C)(C)C)CC(C)(C)C. The molecule has 0 aliphatic heterocycles. The van der Waals surface area contributed by atoms with Crippen molar-refractivity contribution in [2.45, 2.75) is 122 Å². The standard InChI is InChI=1S/C27H54O2/c1-20(17-25(4,5)6)13-14-23(22(3)19-27(10,11)12)24(28)29-16-15-21(2)18-26(7,8)9/h20-23H,13-19H2,1-12H3. The van der Waals surface area contributed by atoms with Crippen molar-refractivity contribution in [3.63, 3.8) is 0 Å². The Morgan fingerprint density at radius 2 is 1.07 bits per heavy atom.